The number of nitrogens with two attached hydrogens (primary N) is 1. The van der Waals surface area contributed by atoms with Crippen molar-refractivity contribution in [3.8, 4) is 5.75 Å². The van der Waals surface area contributed by atoms with E-state index in [1.807, 2.05) is 32.0 Å². The Morgan fingerprint density at radius 2 is 1.85 bits per heavy atom. The number of thioether (sulfide) groups is 1. The lowest BCUT2D eigenvalue weighted by atomic mass is 10.1. The van der Waals surface area contributed by atoms with E-state index in [9.17, 15) is 14.4 Å². The fraction of sp³-hybridized carbons (Fsp3) is 0.267. The van der Waals surface area contributed by atoms with Crippen molar-refractivity contribution in [1.82, 2.24) is 0 Å². The van der Waals surface area contributed by atoms with E-state index in [-0.39, 0.29) is 11.3 Å². The van der Waals surface area contributed by atoms with Gasteiger partial charge < -0.3 is 25.8 Å². The molecule has 41 heavy (non-hydrogen) atoms. The normalized spacial score (nSPS) is 17.0. The molecule has 0 bridgehead atoms. The minimum Gasteiger partial charge on any atom is -0.497 e. The number of ether oxygens (including phenoxy) is 2. The molecule has 212 valence electrons. The predicted molar refractivity (Wildman–Crippen MR) is 164 cm³/mol. The van der Waals surface area contributed by atoms with E-state index < -0.39 is 23.0 Å². The van der Waals surface area contributed by atoms with Crippen LogP contribution < -0.4 is 21.1 Å². The molecule has 0 saturated carbocycles. The first kappa shape index (κ1) is 28.4. The lowest BCUT2D eigenvalue weighted by molar-refractivity contribution is -0.115. The van der Waals surface area contributed by atoms with Crippen LogP contribution in [0.25, 0.3) is 0 Å². The van der Waals surface area contributed by atoms with Crippen LogP contribution in [0.5, 0.6) is 5.75 Å². The highest BCUT2D eigenvalue weighted by molar-refractivity contribution is 8.16. The zero-order chi connectivity index (χ0) is 29.3. The molecule has 1 atom stereocenters. The molecule has 0 saturated heterocycles. The summed E-state index contributed by atoms with van der Waals surface area (Å²) in [5.74, 6) is -0.850. The number of nitrogens with zero attached hydrogens (tertiary/aromatic N) is 1. The van der Waals surface area contributed by atoms with E-state index >= 15 is 0 Å². The maximum Gasteiger partial charge on any atom is 0.341 e. The summed E-state index contributed by atoms with van der Waals surface area (Å²) < 4.78 is 10.3. The molecule has 4 N–H and O–H groups in total. The van der Waals surface area contributed by atoms with Crippen LogP contribution in [-0.4, -0.2) is 42.3 Å². The molecule has 3 aromatic rings. The van der Waals surface area contributed by atoms with Gasteiger partial charge in [-0.25, -0.2) is 9.79 Å². The van der Waals surface area contributed by atoms with Gasteiger partial charge in [-0.05, 0) is 62.4 Å². The monoisotopic (exact) mass is 590 g/mol. The Hall–Kier alpha value is -4.09. The van der Waals surface area contributed by atoms with Crippen molar-refractivity contribution >= 4 is 62.3 Å². The maximum absolute atomic E-state index is 13.6. The van der Waals surface area contributed by atoms with Gasteiger partial charge in [-0.2, -0.15) is 0 Å². The summed E-state index contributed by atoms with van der Waals surface area (Å²) in [7, 11) is 2.87. The number of amides is 2. The number of hydrogen-bond donors (Lipinski definition) is 3. The van der Waals surface area contributed by atoms with Crippen LogP contribution in [0.3, 0.4) is 0 Å². The van der Waals surface area contributed by atoms with Crippen LogP contribution >= 0.6 is 23.1 Å². The van der Waals surface area contributed by atoms with Gasteiger partial charge in [0.1, 0.15) is 21.0 Å². The van der Waals surface area contributed by atoms with Gasteiger partial charge in [0.05, 0.1) is 31.0 Å². The van der Waals surface area contributed by atoms with Crippen molar-refractivity contribution in [3.05, 3.63) is 80.9 Å². The average molecular weight is 591 g/mol. The van der Waals surface area contributed by atoms with Crippen molar-refractivity contribution in [3.63, 3.8) is 0 Å². The number of anilines is 2. The molecule has 5 rings (SSSR count). The third-order valence-electron chi connectivity index (χ3n) is 6.93. The van der Waals surface area contributed by atoms with Gasteiger partial charge in [0, 0.05) is 22.3 Å². The number of carbonyl (C=O) groups excluding carboxylic acids is 3. The van der Waals surface area contributed by atoms with Crippen LogP contribution in [0.2, 0.25) is 0 Å². The van der Waals surface area contributed by atoms with Crippen LogP contribution in [0, 0.1) is 13.8 Å². The number of hydrogen-bond acceptors (Lipinski definition) is 9. The van der Waals surface area contributed by atoms with E-state index in [1.54, 1.807) is 31.4 Å². The molecule has 2 heterocycles. The first-order valence-electron chi connectivity index (χ1n) is 13.0. The molecule has 0 fully saturated rings. The SMILES string of the molecule is COC(=O)c1c(NC(=O)C2SC(=Nc3ccc(C)cc3C)C(C(=O)Nc3cccc(OC)c3)=C2N)sc2c1CCC2. The second-order valence-corrected chi connectivity index (χ2v) is 12.0. The quantitative estimate of drug-likeness (QED) is 0.319. The molecule has 1 aliphatic heterocycles. The number of rotatable bonds is 7. The second kappa shape index (κ2) is 11.8. The van der Waals surface area contributed by atoms with Crippen molar-refractivity contribution in [2.24, 2.45) is 10.7 Å². The third kappa shape index (κ3) is 5.73. The lowest BCUT2D eigenvalue weighted by Crippen LogP contribution is -2.29. The van der Waals surface area contributed by atoms with Crippen molar-refractivity contribution in [2.75, 3.05) is 24.9 Å². The van der Waals surface area contributed by atoms with E-state index in [1.165, 1.54) is 18.4 Å². The summed E-state index contributed by atoms with van der Waals surface area (Å²) >= 11 is 2.48. The lowest BCUT2D eigenvalue weighted by Gasteiger charge is -2.12. The molecule has 2 aromatic carbocycles. The average Bonchev–Trinajstić information content (AvgIpc) is 3.62. The standard InChI is InChI=1S/C30H30N4O5S2/c1-15-11-12-20(16(2)13-15)33-29-23(26(35)32-17-7-5-8-18(14-17)38-3)24(31)25(41-29)27(36)34-28-22(30(37)39-4)19-9-6-10-21(19)40-28/h5,7-8,11-14,25H,6,9-10,31H2,1-4H3,(H,32,35)(H,34,36). The van der Waals surface area contributed by atoms with Gasteiger partial charge in [0.15, 0.2) is 0 Å². The Bertz CT molecular complexity index is 1620. The first-order chi connectivity index (χ1) is 19.7. The number of thiophene rings is 1. The van der Waals surface area contributed by atoms with E-state index in [0.29, 0.717) is 32.7 Å². The Balaban J connectivity index is 1.49. The van der Waals surface area contributed by atoms with Gasteiger partial charge in [-0.3, -0.25) is 9.59 Å². The third-order valence-corrected chi connectivity index (χ3v) is 9.36. The van der Waals surface area contributed by atoms with Crippen LogP contribution in [0.1, 0.15) is 38.3 Å². The zero-order valence-electron chi connectivity index (χ0n) is 23.1. The summed E-state index contributed by atoms with van der Waals surface area (Å²) in [6.07, 6.45) is 2.56. The van der Waals surface area contributed by atoms with Crippen molar-refractivity contribution in [1.29, 1.82) is 0 Å². The minimum atomic E-state index is -0.937. The minimum absolute atomic E-state index is 0.0835. The number of nitrogens with one attached hydrogen (secondary N) is 2. The number of methoxy groups -OCH3 is 2. The number of benzene rings is 2. The second-order valence-electron chi connectivity index (χ2n) is 9.76. The Labute approximate surface area is 246 Å². The highest BCUT2D eigenvalue weighted by atomic mass is 32.2. The fourth-order valence-electron chi connectivity index (χ4n) is 4.92. The predicted octanol–water partition coefficient (Wildman–Crippen LogP) is 5.28. The van der Waals surface area contributed by atoms with Crippen molar-refractivity contribution < 1.29 is 23.9 Å². The summed E-state index contributed by atoms with van der Waals surface area (Å²) in [6.45, 7) is 3.92. The molecular formula is C30H30N4O5S2. The van der Waals surface area contributed by atoms with Crippen LogP contribution in [-0.2, 0) is 27.2 Å². The van der Waals surface area contributed by atoms with Gasteiger partial charge in [-0.1, -0.05) is 35.5 Å². The summed E-state index contributed by atoms with van der Waals surface area (Å²) in [6, 6.07) is 12.7. The van der Waals surface area contributed by atoms with E-state index in [4.69, 9.17) is 20.2 Å². The molecule has 0 radical (unpaired) electrons. The van der Waals surface area contributed by atoms with Gasteiger partial charge >= 0.3 is 5.97 Å². The molecule has 1 unspecified atom stereocenters. The fourth-order valence-corrected chi connectivity index (χ4v) is 7.31. The number of fused-ring (bicyclic) bond motifs is 1. The number of aryl methyl sites for hydroxylation is 3. The number of carbonyl (C=O) groups is 3. The maximum atomic E-state index is 13.6. The topological polar surface area (TPSA) is 132 Å². The van der Waals surface area contributed by atoms with E-state index in [2.05, 4.69) is 10.6 Å². The molecule has 11 heteroatoms. The smallest absolute Gasteiger partial charge is 0.341 e. The molecule has 9 nitrogen and oxygen atoms in total. The molecular weight excluding hydrogens is 560 g/mol. The first-order valence-corrected chi connectivity index (χ1v) is 14.7. The molecule has 1 aliphatic carbocycles. The van der Waals surface area contributed by atoms with Gasteiger partial charge in [-0.15, -0.1) is 11.3 Å². The number of aliphatic imine (C=N–C) groups is 1. The summed E-state index contributed by atoms with van der Waals surface area (Å²) in [5.41, 5.74) is 11.2. The largest absolute Gasteiger partial charge is 0.497 e. The van der Waals surface area contributed by atoms with E-state index in [0.717, 1.165) is 52.6 Å². The molecule has 0 spiro atoms. The van der Waals surface area contributed by atoms with Crippen LogP contribution in [0.4, 0.5) is 16.4 Å². The summed E-state index contributed by atoms with van der Waals surface area (Å²) in [5, 5.41) is 5.57. The summed E-state index contributed by atoms with van der Waals surface area (Å²) in [4.78, 5) is 45.7. The highest BCUT2D eigenvalue weighted by Gasteiger charge is 2.39. The molecule has 2 amide bonds. The molecule has 2 aliphatic rings. The number of esters is 1. The van der Waals surface area contributed by atoms with Gasteiger partial charge in [0.2, 0.25) is 5.91 Å². The van der Waals surface area contributed by atoms with Crippen LogP contribution in [0.15, 0.2) is 58.7 Å². The molecule has 1 aromatic heterocycles. The van der Waals surface area contributed by atoms with Gasteiger partial charge in [0.25, 0.3) is 5.91 Å². The zero-order valence-corrected chi connectivity index (χ0v) is 24.8. The Morgan fingerprint density at radius 3 is 2.59 bits per heavy atom. The Kier molecular flexibility index (Phi) is 8.18. The highest BCUT2D eigenvalue weighted by Crippen LogP contribution is 2.41. The van der Waals surface area contributed by atoms with Crippen molar-refractivity contribution in [2.45, 2.75) is 38.4 Å². The Morgan fingerprint density at radius 1 is 1.05 bits per heavy atom.